The van der Waals surface area contributed by atoms with Crippen molar-refractivity contribution >= 4 is 11.9 Å². The van der Waals surface area contributed by atoms with Crippen LogP contribution in [-0.2, 0) is 11.2 Å². The van der Waals surface area contributed by atoms with Gasteiger partial charge in [-0.05, 0) is 43.2 Å². The summed E-state index contributed by atoms with van der Waals surface area (Å²) in [5.41, 5.74) is 1.79. The van der Waals surface area contributed by atoms with Gasteiger partial charge >= 0.3 is 0 Å². The summed E-state index contributed by atoms with van der Waals surface area (Å²) in [6.07, 6.45) is 4.88. The van der Waals surface area contributed by atoms with Gasteiger partial charge in [0.1, 0.15) is 5.82 Å². The first-order chi connectivity index (χ1) is 15.1. The second kappa shape index (κ2) is 9.91. The largest absolute Gasteiger partial charge is 0.356 e. The van der Waals surface area contributed by atoms with E-state index in [-0.39, 0.29) is 11.7 Å². The van der Waals surface area contributed by atoms with Crippen LogP contribution in [-0.4, -0.2) is 83.8 Å². The topological polar surface area (TPSA) is 77.8 Å². The number of guanidine groups is 1. The molecule has 0 atom stereocenters. The molecular weight excluding hydrogens is 397 g/mol. The number of rotatable bonds is 7. The Morgan fingerprint density at radius 3 is 2.58 bits per heavy atom. The van der Waals surface area contributed by atoms with Crippen LogP contribution in [0.1, 0.15) is 18.5 Å². The van der Waals surface area contributed by atoms with Crippen molar-refractivity contribution in [3.05, 3.63) is 48.0 Å². The summed E-state index contributed by atoms with van der Waals surface area (Å²) in [6, 6.07) is 8.67. The highest BCUT2D eigenvalue weighted by atomic mass is 19.1. The Bertz CT molecular complexity index is 899. The van der Waals surface area contributed by atoms with Crippen LogP contribution in [0.25, 0.3) is 5.69 Å². The number of aliphatic imine (C=N–C) groups is 1. The van der Waals surface area contributed by atoms with Crippen LogP contribution in [0, 0.1) is 5.82 Å². The highest BCUT2D eigenvalue weighted by molar-refractivity contribution is 5.80. The fourth-order valence-corrected chi connectivity index (χ4v) is 3.69. The Balaban J connectivity index is 1.19. The molecule has 2 aliphatic rings. The summed E-state index contributed by atoms with van der Waals surface area (Å²) >= 11 is 0. The van der Waals surface area contributed by atoms with Gasteiger partial charge in [0, 0.05) is 58.4 Å². The molecule has 1 aromatic carbocycles. The SMILES string of the molecule is CN=C(NCCc1ccn(-c2ccc(F)cc2)n1)N1CCN(CC(=O)NC2CC2)CC1. The van der Waals surface area contributed by atoms with Crippen molar-refractivity contribution in [1.29, 1.82) is 0 Å². The zero-order valence-corrected chi connectivity index (χ0v) is 17.9. The van der Waals surface area contributed by atoms with Gasteiger partial charge in [-0.1, -0.05) is 0 Å². The zero-order valence-electron chi connectivity index (χ0n) is 17.9. The number of amides is 1. The summed E-state index contributed by atoms with van der Waals surface area (Å²) < 4.78 is 14.8. The molecule has 1 amide bonds. The third kappa shape index (κ3) is 6.04. The van der Waals surface area contributed by atoms with Crippen LogP contribution in [0.3, 0.4) is 0 Å². The Morgan fingerprint density at radius 2 is 1.90 bits per heavy atom. The first kappa shape index (κ1) is 21.3. The Morgan fingerprint density at radius 1 is 1.16 bits per heavy atom. The van der Waals surface area contributed by atoms with Gasteiger partial charge in [-0.3, -0.25) is 14.7 Å². The molecule has 166 valence electrons. The number of nitrogens with one attached hydrogen (secondary N) is 2. The van der Waals surface area contributed by atoms with Crippen molar-refractivity contribution in [2.24, 2.45) is 4.99 Å². The molecule has 4 rings (SSSR count). The second-order valence-corrected chi connectivity index (χ2v) is 8.06. The second-order valence-electron chi connectivity index (χ2n) is 8.06. The quantitative estimate of drug-likeness (QED) is 0.510. The minimum atomic E-state index is -0.255. The summed E-state index contributed by atoms with van der Waals surface area (Å²) in [4.78, 5) is 20.8. The van der Waals surface area contributed by atoms with E-state index in [2.05, 4.69) is 30.5 Å². The fraction of sp³-hybridized carbons (Fsp3) is 0.500. The van der Waals surface area contributed by atoms with Crippen LogP contribution in [0.5, 0.6) is 0 Å². The molecule has 1 saturated carbocycles. The summed E-state index contributed by atoms with van der Waals surface area (Å²) in [6.45, 7) is 4.58. The van der Waals surface area contributed by atoms with E-state index in [1.165, 1.54) is 12.1 Å². The van der Waals surface area contributed by atoms with Crippen LogP contribution < -0.4 is 10.6 Å². The lowest BCUT2D eigenvalue weighted by Gasteiger charge is -2.36. The molecule has 9 heteroatoms. The van der Waals surface area contributed by atoms with E-state index < -0.39 is 0 Å². The van der Waals surface area contributed by atoms with Crippen molar-refractivity contribution in [3.63, 3.8) is 0 Å². The molecule has 0 unspecified atom stereocenters. The van der Waals surface area contributed by atoms with Crippen molar-refractivity contribution in [3.8, 4) is 5.69 Å². The smallest absolute Gasteiger partial charge is 0.234 e. The Kier molecular flexibility index (Phi) is 6.81. The normalized spacial score (nSPS) is 17.6. The molecule has 0 bridgehead atoms. The number of aromatic nitrogens is 2. The van der Waals surface area contributed by atoms with Gasteiger partial charge in [-0.25, -0.2) is 9.07 Å². The van der Waals surface area contributed by atoms with Gasteiger partial charge in [-0.15, -0.1) is 0 Å². The first-order valence-corrected chi connectivity index (χ1v) is 10.9. The monoisotopic (exact) mass is 427 g/mol. The maximum absolute atomic E-state index is 13.1. The van der Waals surface area contributed by atoms with Crippen LogP contribution in [0.2, 0.25) is 0 Å². The van der Waals surface area contributed by atoms with Gasteiger partial charge in [0.25, 0.3) is 0 Å². The molecule has 2 N–H and O–H groups in total. The molecule has 8 nitrogen and oxygen atoms in total. The number of halogens is 1. The molecule has 2 heterocycles. The predicted molar refractivity (Wildman–Crippen MR) is 118 cm³/mol. The van der Waals surface area contributed by atoms with Crippen molar-refractivity contribution in [2.75, 3.05) is 46.3 Å². The lowest BCUT2D eigenvalue weighted by atomic mass is 10.3. The van der Waals surface area contributed by atoms with E-state index in [9.17, 15) is 9.18 Å². The number of nitrogens with zero attached hydrogens (tertiary/aromatic N) is 5. The number of carbonyl (C=O) groups is 1. The lowest BCUT2D eigenvalue weighted by molar-refractivity contribution is -0.122. The summed E-state index contributed by atoms with van der Waals surface area (Å²) in [5.74, 6) is 0.757. The average Bonchev–Trinajstić information content (AvgIpc) is 3.46. The van der Waals surface area contributed by atoms with Crippen molar-refractivity contribution in [1.82, 2.24) is 30.2 Å². The predicted octanol–water partition coefficient (Wildman–Crippen LogP) is 1.03. The molecule has 2 fully saturated rings. The van der Waals surface area contributed by atoms with Crippen molar-refractivity contribution < 1.29 is 9.18 Å². The number of piperazine rings is 1. The molecule has 1 aromatic heterocycles. The highest BCUT2D eigenvalue weighted by Gasteiger charge is 2.25. The molecule has 1 aliphatic heterocycles. The maximum Gasteiger partial charge on any atom is 0.234 e. The molecule has 31 heavy (non-hydrogen) atoms. The van der Waals surface area contributed by atoms with Gasteiger partial charge in [0.2, 0.25) is 5.91 Å². The zero-order chi connectivity index (χ0) is 21.6. The molecule has 0 spiro atoms. The van der Waals surface area contributed by atoms with E-state index in [1.54, 1.807) is 23.9 Å². The summed E-state index contributed by atoms with van der Waals surface area (Å²) in [5, 5.41) is 11.0. The van der Waals surface area contributed by atoms with Crippen LogP contribution >= 0.6 is 0 Å². The van der Waals surface area contributed by atoms with Gasteiger partial charge in [0.05, 0.1) is 17.9 Å². The van der Waals surface area contributed by atoms with Crippen LogP contribution in [0.15, 0.2) is 41.5 Å². The van der Waals surface area contributed by atoms with E-state index in [0.29, 0.717) is 12.6 Å². The first-order valence-electron chi connectivity index (χ1n) is 10.9. The molecule has 1 aliphatic carbocycles. The number of benzene rings is 1. The standard InChI is InChI=1S/C22H30FN7O/c1-24-22(29-14-12-28(13-15-29)16-21(31)26-18-4-5-18)25-10-8-19-9-11-30(27-19)20-6-2-17(23)3-7-20/h2-3,6-7,9,11,18H,4-5,8,10,12-16H2,1H3,(H,24,25)(H,26,31). The van der Waals surface area contributed by atoms with Crippen LogP contribution in [0.4, 0.5) is 4.39 Å². The minimum Gasteiger partial charge on any atom is -0.356 e. The van der Waals surface area contributed by atoms with E-state index in [0.717, 1.165) is 69.3 Å². The molecule has 0 radical (unpaired) electrons. The third-order valence-corrected chi connectivity index (χ3v) is 5.59. The van der Waals surface area contributed by atoms with Crippen molar-refractivity contribution in [2.45, 2.75) is 25.3 Å². The van der Waals surface area contributed by atoms with E-state index in [1.807, 2.05) is 12.3 Å². The lowest BCUT2D eigenvalue weighted by Crippen LogP contribution is -2.54. The van der Waals surface area contributed by atoms with Gasteiger partial charge in [-0.2, -0.15) is 5.10 Å². The van der Waals surface area contributed by atoms with E-state index >= 15 is 0 Å². The maximum atomic E-state index is 13.1. The van der Waals surface area contributed by atoms with Gasteiger partial charge in [0.15, 0.2) is 5.96 Å². The molecule has 1 saturated heterocycles. The Hall–Kier alpha value is -2.94. The summed E-state index contributed by atoms with van der Waals surface area (Å²) in [7, 11) is 1.79. The Labute approximate surface area is 182 Å². The van der Waals surface area contributed by atoms with E-state index in [4.69, 9.17) is 0 Å². The number of hydrogen-bond donors (Lipinski definition) is 2. The van der Waals surface area contributed by atoms with Gasteiger partial charge < -0.3 is 15.5 Å². The average molecular weight is 428 g/mol. The third-order valence-electron chi connectivity index (χ3n) is 5.59. The minimum absolute atomic E-state index is 0.138. The highest BCUT2D eigenvalue weighted by Crippen LogP contribution is 2.18. The molecular formula is C22H30FN7O. The molecule has 2 aromatic rings. The fourth-order valence-electron chi connectivity index (χ4n) is 3.69. The number of hydrogen-bond acceptors (Lipinski definition) is 4. The number of carbonyl (C=O) groups excluding carboxylic acids is 1.